The fraction of sp³-hybridized carbons (Fsp3) is 0.600. The third kappa shape index (κ3) is 3.69. The molecule has 19 heavy (non-hydrogen) atoms. The van der Waals surface area contributed by atoms with Crippen molar-refractivity contribution < 1.29 is 9.59 Å². The minimum atomic E-state index is -0.781. The Morgan fingerprint density at radius 2 is 1.89 bits per heavy atom. The topological polar surface area (TPSA) is 86.2 Å². The van der Waals surface area contributed by atoms with Crippen LogP contribution in [-0.2, 0) is 9.59 Å². The van der Waals surface area contributed by atoms with Gasteiger partial charge in [-0.3, -0.25) is 9.59 Å². The highest BCUT2D eigenvalue weighted by molar-refractivity contribution is 5.96. The molecule has 0 bridgehead atoms. The van der Waals surface area contributed by atoms with Crippen molar-refractivity contribution in [2.75, 3.05) is 0 Å². The van der Waals surface area contributed by atoms with Gasteiger partial charge in [-0.15, -0.1) is 0 Å². The van der Waals surface area contributed by atoms with Gasteiger partial charge >= 0.3 is 0 Å². The van der Waals surface area contributed by atoms with Crippen LogP contribution in [0.2, 0.25) is 0 Å². The number of rotatable bonds is 4. The highest BCUT2D eigenvalue weighted by atomic mass is 16.1. The molecule has 4 N–H and O–H groups in total. The van der Waals surface area contributed by atoms with Crippen LogP contribution in [0.4, 0.5) is 0 Å². The summed E-state index contributed by atoms with van der Waals surface area (Å²) in [5.74, 6) is -0.859. The molecule has 0 spiro atoms. The van der Waals surface area contributed by atoms with Gasteiger partial charge in [0.25, 0.3) is 0 Å². The molecule has 4 heteroatoms. The Bertz CT molecular complexity index is 455. The zero-order chi connectivity index (χ0) is 14.8. The molecule has 0 aromatic carbocycles. The standard InChI is InChI=1S/C15H24N2O2/c1-10-5-6-15(13(17)19,8-7-14(2,3)4)9-11(10)12(16)18/h5-6H,7-9H2,1-4H3,(H2,16,18)(H2,17,19). The van der Waals surface area contributed by atoms with Gasteiger partial charge in [-0.2, -0.15) is 0 Å². The lowest BCUT2D eigenvalue weighted by atomic mass is 9.70. The van der Waals surface area contributed by atoms with Crippen LogP contribution in [0.1, 0.15) is 47.0 Å². The number of hydrogen-bond acceptors (Lipinski definition) is 2. The Labute approximate surface area is 114 Å². The average molecular weight is 264 g/mol. The average Bonchev–Trinajstić information content (AvgIpc) is 2.26. The highest BCUT2D eigenvalue weighted by Gasteiger charge is 2.38. The van der Waals surface area contributed by atoms with E-state index in [1.54, 1.807) is 6.08 Å². The lowest BCUT2D eigenvalue weighted by Crippen LogP contribution is -2.39. The highest BCUT2D eigenvalue weighted by Crippen LogP contribution is 2.40. The van der Waals surface area contributed by atoms with Gasteiger partial charge in [-0.1, -0.05) is 32.9 Å². The van der Waals surface area contributed by atoms with Gasteiger partial charge in [0, 0.05) is 5.57 Å². The van der Waals surface area contributed by atoms with E-state index >= 15 is 0 Å². The van der Waals surface area contributed by atoms with Gasteiger partial charge in [-0.25, -0.2) is 0 Å². The van der Waals surface area contributed by atoms with Crippen molar-refractivity contribution in [3.63, 3.8) is 0 Å². The van der Waals surface area contributed by atoms with Gasteiger partial charge in [0.2, 0.25) is 11.8 Å². The molecule has 1 aliphatic rings. The second kappa shape index (κ2) is 5.19. The summed E-state index contributed by atoms with van der Waals surface area (Å²) in [5.41, 5.74) is 11.6. The molecule has 0 aliphatic heterocycles. The lowest BCUT2D eigenvalue weighted by Gasteiger charge is -2.33. The van der Waals surface area contributed by atoms with Gasteiger partial charge in [0.15, 0.2) is 0 Å². The third-order valence-electron chi connectivity index (χ3n) is 3.73. The molecule has 0 aromatic rings. The first-order valence-corrected chi connectivity index (χ1v) is 6.56. The van der Waals surface area contributed by atoms with Crippen molar-refractivity contribution in [3.8, 4) is 0 Å². The van der Waals surface area contributed by atoms with Crippen molar-refractivity contribution in [1.82, 2.24) is 0 Å². The zero-order valence-electron chi connectivity index (χ0n) is 12.2. The van der Waals surface area contributed by atoms with Crippen molar-refractivity contribution in [2.24, 2.45) is 22.3 Å². The molecule has 1 unspecified atom stereocenters. The van der Waals surface area contributed by atoms with Crippen molar-refractivity contribution in [2.45, 2.75) is 47.0 Å². The first kappa shape index (κ1) is 15.5. The number of hydrogen-bond donors (Lipinski definition) is 2. The molecule has 0 saturated carbocycles. The van der Waals surface area contributed by atoms with Gasteiger partial charge < -0.3 is 11.5 Å². The number of allylic oxidation sites excluding steroid dienone is 2. The molecule has 106 valence electrons. The quantitative estimate of drug-likeness (QED) is 0.814. The van der Waals surface area contributed by atoms with E-state index in [0.29, 0.717) is 18.4 Å². The fourth-order valence-electron chi connectivity index (χ4n) is 2.24. The summed E-state index contributed by atoms with van der Waals surface area (Å²) in [6, 6.07) is 0. The molecule has 0 heterocycles. The maximum Gasteiger partial charge on any atom is 0.244 e. The van der Waals surface area contributed by atoms with Crippen LogP contribution in [0, 0.1) is 10.8 Å². The molecular weight excluding hydrogens is 240 g/mol. The third-order valence-corrected chi connectivity index (χ3v) is 3.73. The van der Waals surface area contributed by atoms with E-state index in [-0.39, 0.29) is 11.3 Å². The van der Waals surface area contributed by atoms with E-state index in [2.05, 4.69) is 20.8 Å². The number of carbonyl (C=O) groups is 2. The number of nitrogens with two attached hydrogens (primary N) is 2. The maximum atomic E-state index is 11.9. The van der Waals surface area contributed by atoms with Crippen LogP contribution in [0.5, 0.6) is 0 Å². The molecule has 2 amide bonds. The molecule has 0 radical (unpaired) electrons. The van der Waals surface area contributed by atoms with Crippen molar-refractivity contribution >= 4 is 11.8 Å². The summed E-state index contributed by atoms with van der Waals surface area (Å²) in [5, 5.41) is 0. The molecule has 0 aromatic heterocycles. The van der Waals surface area contributed by atoms with Crippen LogP contribution in [-0.4, -0.2) is 11.8 Å². The van der Waals surface area contributed by atoms with E-state index in [4.69, 9.17) is 11.5 Å². The Balaban J connectivity index is 3.02. The maximum absolute atomic E-state index is 11.9. The summed E-state index contributed by atoms with van der Waals surface area (Å²) in [4.78, 5) is 23.3. The largest absolute Gasteiger partial charge is 0.369 e. The van der Waals surface area contributed by atoms with Crippen LogP contribution in [0.25, 0.3) is 0 Å². The number of carbonyl (C=O) groups excluding carboxylic acids is 2. The van der Waals surface area contributed by atoms with Gasteiger partial charge in [-0.05, 0) is 37.2 Å². The first-order chi connectivity index (χ1) is 8.57. The summed E-state index contributed by atoms with van der Waals surface area (Å²) in [7, 11) is 0. The second-order valence-electron chi connectivity index (χ2n) is 6.62. The summed E-state index contributed by atoms with van der Waals surface area (Å²) >= 11 is 0. The van der Waals surface area contributed by atoms with Crippen molar-refractivity contribution in [3.05, 3.63) is 23.3 Å². The normalized spacial score (nSPS) is 23.6. The van der Waals surface area contributed by atoms with E-state index in [1.807, 2.05) is 13.0 Å². The second-order valence-corrected chi connectivity index (χ2v) is 6.62. The molecule has 4 nitrogen and oxygen atoms in total. The predicted octanol–water partition coefficient (Wildman–Crippen LogP) is 2.05. The van der Waals surface area contributed by atoms with E-state index in [1.165, 1.54) is 0 Å². The molecule has 1 aliphatic carbocycles. The summed E-state index contributed by atoms with van der Waals surface area (Å²) < 4.78 is 0. The summed E-state index contributed by atoms with van der Waals surface area (Å²) in [6.45, 7) is 8.17. The molecule has 1 atom stereocenters. The van der Waals surface area contributed by atoms with Gasteiger partial charge in [0.1, 0.15) is 0 Å². The van der Waals surface area contributed by atoms with E-state index in [9.17, 15) is 9.59 Å². The van der Waals surface area contributed by atoms with Crippen LogP contribution < -0.4 is 11.5 Å². The van der Waals surface area contributed by atoms with E-state index < -0.39 is 11.3 Å². The molecule has 0 saturated heterocycles. The fourth-order valence-corrected chi connectivity index (χ4v) is 2.24. The lowest BCUT2D eigenvalue weighted by molar-refractivity contribution is -0.126. The number of amides is 2. The molecular formula is C15H24N2O2. The number of primary amides is 2. The Morgan fingerprint density at radius 3 is 2.32 bits per heavy atom. The minimum Gasteiger partial charge on any atom is -0.369 e. The zero-order valence-corrected chi connectivity index (χ0v) is 12.2. The van der Waals surface area contributed by atoms with Gasteiger partial charge in [0.05, 0.1) is 5.41 Å². The Hall–Kier alpha value is -1.58. The Kier molecular flexibility index (Phi) is 4.23. The molecule has 1 rings (SSSR count). The van der Waals surface area contributed by atoms with E-state index in [0.717, 1.165) is 12.0 Å². The summed E-state index contributed by atoms with van der Waals surface area (Å²) in [6.07, 6.45) is 5.42. The van der Waals surface area contributed by atoms with Crippen molar-refractivity contribution in [1.29, 1.82) is 0 Å². The minimum absolute atomic E-state index is 0.110. The SMILES string of the molecule is CC1=C(C(N)=O)CC(CCC(C)(C)C)(C(N)=O)C=C1. The first-order valence-electron chi connectivity index (χ1n) is 6.56. The monoisotopic (exact) mass is 264 g/mol. The predicted molar refractivity (Wildman–Crippen MR) is 76.0 cm³/mol. The smallest absolute Gasteiger partial charge is 0.244 e. The molecule has 0 fully saturated rings. The Morgan fingerprint density at radius 1 is 1.32 bits per heavy atom. The van der Waals surface area contributed by atoms with Crippen LogP contribution in [0.15, 0.2) is 23.3 Å². The van der Waals surface area contributed by atoms with Crippen LogP contribution in [0.3, 0.4) is 0 Å². The van der Waals surface area contributed by atoms with Crippen LogP contribution >= 0.6 is 0 Å².